The van der Waals surface area contributed by atoms with Crippen molar-refractivity contribution < 1.29 is 4.79 Å². The van der Waals surface area contributed by atoms with Gasteiger partial charge in [-0.3, -0.25) is 9.78 Å². The lowest BCUT2D eigenvalue weighted by Crippen LogP contribution is -2.49. The number of hydrogen-bond acceptors (Lipinski definition) is 4. The Kier molecular flexibility index (Phi) is 5.13. The molecule has 1 amide bonds. The maximum absolute atomic E-state index is 12.7. The average molecular weight is 316 g/mol. The summed E-state index contributed by atoms with van der Waals surface area (Å²) in [4.78, 5) is 23.4. The number of anilines is 1. The number of nitrogens with one attached hydrogen (secondary N) is 1. The van der Waals surface area contributed by atoms with Gasteiger partial charge in [0.1, 0.15) is 5.82 Å². The first-order valence-electron chi connectivity index (χ1n) is 8.96. The summed E-state index contributed by atoms with van der Waals surface area (Å²) in [5.74, 6) is 2.45. The summed E-state index contributed by atoms with van der Waals surface area (Å²) in [6, 6.07) is 0.346. The lowest BCUT2D eigenvalue weighted by Gasteiger charge is -2.37. The second-order valence-electron chi connectivity index (χ2n) is 7.23. The molecular formula is C18H28N4O. The predicted octanol–water partition coefficient (Wildman–Crippen LogP) is 2.63. The van der Waals surface area contributed by atoms with Crippen LogP contribution in [0.1, 0.15) is 46.0 Å². The number of carbonyl (C=O) groups excluding carboxylic acids is 1. The SMILES string of the molecule is C[C@H]1[C@H](C)CCC[C@@H]1NC(=O)[C@H]1CCCN(c2cnccn2)C1. The topological polar surface area (TPSA) is 58.1 Å². The monoisotopic (exact) mass is 316 g/mol. The molecule has 3 rings (SSSR count). The number of hydrogen-bond donors (Lipinski definition) is 1. The molecule has 5 heteroatoms. The van der Waals surface area contributed by atoms with Gasteiger partial charge in [-0.15, -0.1) is 0 Å². The van der Waals surface area contributed by atoms with Crippen molar-refractivity contribution in [3.8, 4) is 0 Å². The first kappa shape index (κ1) is 16.2. The largest absolute Gasteiger partial charge is 0.355 e. The normalized spacial score (nSPS) is 31.7. The van der Waals surface area contributed by atoms with Crippen molar-refractivity contribution in [2.24, 2.45) is 17.8 Å². The van der Waals surface area contributed by atoms with E-state index in [1.807, 2.05) is 0 Å². The van der Waals surface area contributed by atoms with Crippen molar-refractivity contribution in [2.45, 2.75) is 52.0 Å². The molecule has 1 aromatic heterocycles. The second kappa shape index (κ2) is 7.28. The van der Waals surface area contributed by atoms with Crippen LogP contribution in [-0.4, -0.2) is 35.0 Å². The Morgan fingerprint density at radius 3 is 2.87 bits per heavy atom. The maximum atomic E-state index is 12.7. The summed E-state index contributed by atoms with van der Waals surface area (Å²) in [7, 11) is 0. The summed E-state index contributed by atoms with van der Waals surface area (Å²) in [6.45, 7) is 6.29. The fraction of sp³-hybridized carbons (Fsp3) is 0.722. The highest BCUT2D eigenvalue weighted by atomic mass is 16.2. The highest BCUT2D eigenvalue weighted by Gasteiger charge is 2.32. The molecule has 4 atom stereocenters. The van der Waals surface area contributed by atoms with E-state index in [4.69, 9.17) is 0 Å². The molecule has 0 radical (unpaired) electrons. The molecule has 0 spiro atoms. The van der Waals surface area contributed by atoms with Crippen LogP contribution in [0.3, 0.4) is 0 Å². The Morgan fingerprint density at radius 2 is 2.09 bits per heavy atom. The van der Waals surface area contributed by atoms with Crippen LogP contribution < -0.4 is 10.2 Å². The highest BCUT2D eigenvalue weighted by Crippen LogP contribution is 2.30. The Balaban J connectivity index is 1.59. The first-order valence-corrected chi connectivity index (χ1v) is 8.96. The fourth-order valence-electron chi connectivity index (χ4n) is 3.94. The molecule has 1 N–H and O–H groups in total. The smallest absolute Gasteiger partial charge is 0.225 e. The van der Waals surface area contributed by atoms with E-state index in [1.54, 1.807) is 18.6 Å². The zero-order valence-electron chi connectivity index (χ0n) is 14.2. The lowest BCUT2D eigenvalue weighted by atomic mass is 9.78. The minimum absolute atomic E-state index is 0.0650. The average Bonchev–Trinajstić information content (AvgIpc) is 2.60. The van der Waals surface area contributed by atoms with Crippen molar-refractivity contribution in [2.75, 3.05) is 18.0 Å². The van der Waals surface area contributed by atoms with E-state index in [0.29, 0.717) is 17.9 Å². The number of amides is 1. The molecule has 1 aliphatic carbocycles. The van der Waals surface area contributed by atoms with Crippen molar-refractivity contribution >= 4 is 11.7 Å². The van der Waals surface area contributed by atoms with Crippen LogP contribution in [0.2, 0.25) is 0 Å². The van der Waals surface area contributed by atoms with Crippen LogP contribution in [0.4, 0.5) is 5.82 Å². The first-order chi connectivity index (χ1) is 11.1. The minimum atomic E-state index is 0.0650. The van der Waals surface area contributed by atoms with Gasteiger partial charge in [-0.1, -0.05) is 26.7 Å². The van der Waals surface area contributed by atoms with Crippen molar-refractivity contribution in [3.05, 3.63) is 18.6 Å². The second-order valence-corrected chi connectivity index (χ2v) is 7.23. The fourth-order valence-corrected chi connectivity index (χ4v) is 3.94. The van der Waals surface area contributed by atoms with E-state index >= 15 is 0 Å². The summed E-state index contributed by atoms with van der Waals surface area (Å²) in [6.07, 6.45) is 10.8. The minimum Gasteiger partial charge on any atom is -0.355 e. The van der Waals surface area contributed by atoms with Crippen LogP contribution in [0.15, 0.2) is 18.6 Å². The van der Waals surface area contributed by atoms with Gasteiger partial charge in [-0.05, 0) is 31.1 Å². The number of nitrogens with zero attached hydrogens (tertiary/aromatic N) is 3. The third kappa shape index (κ3) is 3.82. The van der Waals surface area contributed by atoms with Crippen molar-refractivity contribution in [1.82, 2.24) is 15.3 Å². The Hall–Kier alpha value is -1.65. The third-order valence-corrected chi connectivity index (χ3v) is 5.70. The molecule has 0 unspecified atom stereocenters. The van der Waals surface area contributed by atoms with Gasteiger partial charge >= 0.3 is 0 Å². The molecule has 0 bridgehead atoms. The van der Waals surface area contributed by atoms with E-state index in [1.165, 1.54) is 12.8 Å². The molecule has 2 aliphatic rings. The van der Waals surface area contributed by atoms with Crippen LogP contribution in [-0.2, 0) is 4.79 Å². The van der Waals surface area contributed by atoms with Crippen LogP contribution in [0, 0.1) is 17.8 Å². The third-order valence-electron chi connectivity index (χ3n) is 5.70. The van der Waals surface area contributed by atoms with E-state index in [0.717, 1.165) is 38.2 Å². The molecule has 1 aliphatic heterocycles. The predicted molar refractivity (Wildman–Crippen MR) is 91.1 cm³/mol. The number of piperidine rings is 1. The molecule has 2 heterocycles. The maximum Gasteiger partial charge on any atom is 0.225 e. The van der Waals surface area contributed by atoms with Gasteiger partial charge in [0.15, 0.2) is 0 Å². The van der Waals surface area contributed by atoms with E-state index in [2.05, 4.69) is 34.0 Å². The lowest BCUT2D eigenvalue weighted by molar-refractivity contribution is -0.126. The number of carbonyl (C=O) groups is 1. The molecule has 0 aromatic carbocycles. The van der Waals surface area contributed by atoms with E-state index in [-0.39, 0.29) is 11.8 Å². The van der Waals surface area contributed by atoms with Gasteiger partial charge in [0.2, 0.25) is 5.91 Å². The van der Waals surface area contributed by atoms with Crippen molar-refractivity contribution in [1.29, 1.82) is 0 Å². The van der Waals surface area contributed by atoms with Gasteiger partial charge in [0.25, 0.3) is 0 Å². The zero-order valence-corrected chi connectivity index (χ0v) is 14.2. The standard InChI is InChI=1S/C18H28N4O/c1-13-5-3-7-16(14(13)2)21-18(23)15-6-4-10-22(12-15)17-11-19-8-9-20-17/h8-9,11,13-16H,3-7,10,12H2,1-2H3,(H,21,23)/t13-,14+,15+,16+/m1/s1. The summed E-state index contributed by atoms with van der Waals surface area (Å²) < 4.78 is 0. The van der Waals surface area contributed by atoms with Crippen LogP contribution >= 0.6 is 0 Å². The Labute approximate surface area is 138 Å². The van der Waals surface area contributed by atoms with Gasteiger partial charge in [-0.2, -0.15) is 0 Å². The zero-order chi connectivity index (χ0) is 16.2. The molecule has 1 saturated carbocycles. The molecule has 1 aromatic rings. The molecular weight excluding hydrogens is 288 g/mol. The summed E-state index contributed by atoms with van der Waals surface area (Å²) in [5.41, 5.74) is 0. The molecule has 5 nitrogen and oxygen atoms in total. The van der Waals surface area contributed by atoms with E-state index in [9.17, 15) is 4.79 Å². The molecule has 1 saturated heterocycles. The van der Waals surface area contributed by atoms with Gasteiger partial charge in [-0.25, -0.2) is 4.98 Å². The van der Waals surface area contributed by atoms with Crippen molar-refractivity contribution in [3.63, 3.8) is 0 Å². The van der Waals surface area contributed by atoms with Gasteiger partial charge < -0.3 is 10.2 Å². The summed E-state index contributed by atoms with van der Waals surface area (Å²) in [5, 5.41) is 3.34. The van der Waals surface area contributed by atoms with Gasteiger partial charge in [0.05, 0.1) is 12.1 Å². The number of rotatable bonds is 3. The van der Waals surface area contributed by atoms with Crippen LogP contribution in [0.25, 0.3) is 0 Å². The summed E-state index contributed by atoms with van der Waals surface area (Å²) >= 11 is 0. The highest BCUT2D eigenvalue weighted by molar-refractivity contribution is 5.79. The van der Waals surface area contributed by atoms with Gasteiger partial charge in [0, 0.05) is 31.5 Å². The molecule has 2 fully saturated rings. The Bertz CT molecular complexity index is 521. The number of aromatic nitrogens is 2. The quantitative estimate of drug-likeness (QED) is 0.931. The Morgan fingerprint density at radius 1 is 1.22 bits per heavy atom. The molecule has 126 valence electrons. The molecule has 23 heavy (non-hydrogen) atoms. The van der Waals surface area contributed by atoms with Crippen LogP contribution in [0.5, 0.6) is 0 Å². The van der Waals surface area contributed by atoms with E-state index < -0.39 is 0 Å².